The first-order valence-electron chi connectivity index (χ1n) is 7.23. The van der Waals surface area contributed by atoms with Gasteiger partial charge in [-0.3, -0.25) is 4.79 Å². The molecule has 0 heterocycles. The van der Waals surface area contributed by atoms with Gasteiger partial charge in [-0.1, -0.05) is 18.2 Å². The van der Waals surface area contributed by atoms with Crippen LogP contribution >= 0.6 is 0 Å². The Balaban J connectivity index is 1.86. The van der Waals surface area contributed by atoms with Gasteiger partial charge in [-0.15, -0.1) is 0 Å². The number of rotatable bonds is 6. The van der Waals surface area contributed by atoms with Crippen LogP contribution in [0.2, 0.25) is 0 Å². The molecule has 1 unspecified atom stereocenters. The summed E-state index contributed by atoms with van der Waals surface area (Å²) in [6.45, 7) is 4.25. The number of carbonyl (C=O) groups is 1. The Morgan fingerprint density at radius 2 is 1.73 bits per heavy atom. The number of nitrogens with one attached hydrogen (secondary N) is 1. The van der Waals surface area contributed by atoms with Gasteiger partial charge in [0.25, 0.3) is 5.91 Å². The molecule has 0 bridgehead atoms. The molecule has 2 rings (SSSR count). The van der Waals surface area contributed by atoms with Crippen molar-refractivity contribution in [3.63, 3.8) is 0 Å². The van der Waals surface area contributed by atoms with E-state index >= 15 is 0 Å². The molecule has 1 atom stereocenters. The largest absolute Gasteiger partial charge is 0.497 e. The number of methoxy groups -OCH3 is 1. The van der Waals surface area contributed by atoms with Crippen molar-refractivity contribution in [2.24, 2.45) is 0 Å². The van der Waals surface area contributed by atoms with Crippen molar-refractivity contribution in [1.82, 2.24) is 5.32 Å². The molecule has 0 aliphatic heterocycles. The van der Waals surface area contributed by atoms with E-state index in [-0.39, 0.29) is 11.9 Å². The van der Waals surface area contributed by atoms with Gasteiger partial charge in [-0.2, -0.15) is 0 Å². The van der Waals surface area contributed by atoms with Gasteiger partial charge in [-0.25, -0.2) is 0 Å². The highest BCUT2D eigenvalue weighted by atomic mass is 16.5. The Bertz CT molecular complexity index is 622. The maximum atomic E-state index is 12.2. The Morgan fingerprint density at radius 1 is 1.09 bits per heavy atom. The first-order chi connectivity index (χ1) is 10.6. The smallest absolute Gasteiger partial charge is 0.251 e. The van der Waals surface area contributed by atoms with E-state index in [4.69, 9.17) is 9.47 Å². The van der Waals surface area contributed by atoms with Crippen LogP contribution in [0.3, 0.4) is 0 Å². The van der Waals surface area contributed by atoms with E-state index in [1.807, 2.05) is 62.4 Å². The third-order valence-electron chi connectivity index (χ3n) is 3.33. The molecular weight excluding hydrogens is 278 g/mol. The summed E-state index contributed by atoms with van der Waals surface area (Å²) in [6, 6.07) is 14.8. The van der Waals surface area contributed by atoms with E-state index < -0.39 is 0 Å². The summed E-state index contributed by atoms with van der Waals surface area (Å²) in [5, 5.41) is 2.94. The average molecular weight is 299 g/mol. The molecule has 4 heteroatoms. The highest BCUT2D eigenvalue weighted by Crippen LogP contribution is 2.17. The first kappa shape index (κ1) is 15.9. The Kier molecular flexibility index (Phi) is 5.42. The molecule has 0 saturated carbocycles. The minimum absolute atomic E-state index is 0.0797. The van der Waals surface area contributed by atoms with Crippen molar-refractivity contribution in [2.75, 3.05) is 13.7 Å². The third kappa shape index (κ3) is 4.25. The minimum Gasteiger partial charge on any atom is -0.497 e. The number of benzene rings is 2. The maximum Gasteiger partial charge on any atom is 0.251 e. The van der Waals surface area contributed by atoms with E-state index in [9.17, 15) is 4.79 Å². The van der Waals surface area contributed by atoms with Gasteiger partial charge in [0, 0.05) is 5.56 Å². The summed E-state index contributed by atoms with van der Waals surface area (Å²) < 4.78 is 10.8. The van der Waals surface area contributed by atoms with E-state index in [0.29, 0.717) is 12.2 Å². The van der Waals surface area contributed by atoms with Crippen LogP contribution in [-0.4, -0.2) is 25.7 Å². The minimum atomic E-state index is -0.0887. The standard InChI is InChI=1S/C18H21NO3/c1-13-6-4-5-7-17(13)18(20)19-14(2)12-22-16-10-8-15(21-3)9-11-16/h4-11,14H,12H2,1-3H3,(H,19,20). The molecule has 0 aromatic heterocycles. The molecule has 22 heavy (non-hydrogen) atoms. The van der Waals surface area contributed by atoms with Crippen LogP contribution in [0.25, 0.3) is 0 Å². The molecule has 0 radical (unpaired) electrons. The van der Waals surface area contributed by atoms with Gasteiger partial charge in [0.15, 0.2) is 0 Å². The van der Waals surface area contributed by atoms with E-state index in [0.717, 1.165) is 17.1 Å². The number of amides is 1. The number of aryl methyl sites for hydroxylation is 1. The van der Waals surface area contributed by atoms with Crippen molar-refractivity contribution in [3.05, 3.63) is 59.7 Å². The lowest BCUT2D eigenvalue weighted by Gasteiger charge is -2.16. The fourth-order valence-corrected chi connectivity index (χ4v) is 2.06. The lowest BCUT2D eigenvalue weighted by Crippen LogP contribution is -2.37. The van der Waals surface area contributed by atoms with Gasteiger partial charge in [0.05, 0.1) is 13.2 Å². The van der Waals surface area contributed by atoms with Crippen molar-refractivity contribution in [1.29, 1.82) is 0 Å². The summed E-state index contributed by atoms with van der Waals surface area (Å²) in [6.07, 6.45) is 0. The average Bonchev–Trinajstić information content (AvgIpc) is 2.53. The molecule has 1 amide bonds. The van der Waals surface area contributed by atoms with Crippen molar-refractivity contribution < 1.29 is 14.3 Å². The zero-order valence-corrected chi connectivity index (χ0v) is 13.1. The van der Waals surface area contributed by atoms with E-state index in [2.05, 4.69) is 5.32 Å². The van der Waals surface area contributed by atoms with Crippen LogP contribution in [-0.2, 0) is 0 Å². The predicted octanol–water partition coefficient (Wildman–Crippen LogP) is 3.20. The van der Waals surface area contributed by atoms with E-state index in [1.165, 1.54) is 0 Å². The lowest BCUT2D eigenvalue weighted by molar-refractivity contribution is 0.0926. The second-order valence-electron chi connectivity index (χ2n) is 5.18. The first-order valence-corrected chi connectivity index (χ1v) is 7.23. The quantitative estimate of drug-likeness (QED) is 0.891. The summed E-state index contributed by atoms with van der Waals surface area (Å²) >= 11 is 0. The summed E-state index contributed by atoms with van der Waals surface area (Å²) in [5.41, 5.74) is 1.65. The lowest BCUT2D eigenvalue weighted by atomic mass is 10.1. The second kappa shape index (κ2) is 7.50. The zero-order chi connectivity index (χ0) is 15.9. The monoisotopic (exact) mass is 299 g/mol. The molecule has 0 aliphatic rings. The summed E-state index contributed by atoms with van der Waals surface area (Å²) in [4.78, 5) is 12.2. The second-order valence-corrected chi connectivity index (χ2v) is 5.18. The number of ether oxygens (including phenoxy) is 2. The van der Waals surface area contributed by atoms with Crippen LogP contribution in [0.1, 0.15) is 22.8 Å². The van der Waals surface area contributed by atoms with Crippen LogP contribution in [0.4, 0.5) is 0 Å². The van der Waals surface area contributed by atoms with Gasteiger partial charge in [-0.05, 0) is 49.7 Å². The van der Waals surface area contributed by atoms with Crippen LogP contribution < -0.4 is 14.8 Å². The van der Waals surface area contributed by atoms with E-state index in [1.54, 1.807) is 7.11 Å². The van der Waals surface area contributed by atoms with Crippen LogP contribution in [0.5, 0.6) is 11.5 Å². The maximum absolute atomic E-state index is 12.2. The molecule has 4 nitrogen and oxygen atoms in total. The highest BCUT2D eigenvalue weighted by Gasteiger charge is 2.12. The molecule has 116 valence electrons. The molecule has 2 aromatic carbocycles. The molecular formula is C18H21NO3. The van der Waals surface area contributed by atoms with Crippen molar-refractivity contribution in [3.8, 4) is 11.5 Å². The Labute approximate surface area is 131 Å². The Morgan fingerprint density at radius 3 is 2.36 bits per heavy atom. The molecule has 0 saturated heterocycles. The zero-order valence-electron chi connectivity index (χ0n) is 13.1. The van der Waals surface area contributed by atoms with Gasteiger partial charge < -0.3 is 14.8 Å². The molecule has 2 aromatic rings. The number of hydrogen-bond donors (Lipinski definition) is 1. The van der Waals surface area contributed by atoms with Crippen LogP contribution in [0, 0.1) is 6.92 Å². The molecule has 0 spiro atoms. The van der Waals surface area contributed by atoms with Gasteiger partial charge in [0.2, 0.25) is 0 Å². The van der Waals surface area contributed by atoms with Crippen molar-refractivity contribution in [2.45, 2.75) is 19.9 Å². The third-order valence-corrected chi connectivity index (χ3v) is 3.33. The summed E-state index contributed by atoms with van der Waals surface area (Å²) in [7, 11) is 1.62. The number of carbonyl (C=O) groups excluding carboxylic acids is 1. The number of hydrogen-bond acceptors (Lipinski definition) is 3. The summed E-state index contributed by atoms with van der Waals surface area (Å²) in [5.74, 6) is 1.45. The van der Waals surface area contributed by atoms with Crippen molar-refractivity contribution >= 4 is 5.91 Å². The molecule has 1 N–H and O–H groups in total. The Hall–Kier alpha value is -2.49. The fraction of sp³-hybridized carbons (Fsp3) is 0.278. The fourth-order valence-electron chi connectivity index (χ4n) is 2.06. The highest BCUT2D eigenvalue weighted by molar-refractivity contribution is 5.95. The SMILES string of the molecule is COc1ccc(OCC(C)NC(=O)c2ccccc2C)cc1. The van der Waals surface area contributed by atoms with Gasteiger partial charge in [0.1, 0.15) is 18.1 Å². The normalized spacial score (nSPS) is 11.6. The molecule has 0 aliphatic carbocycles. The predicted molar refractivity (Wildman–Crippen MR) is 86.6 cm³/mol. The molecule has 0 fully saturated rings. The van der Waals surface area contributed by atoms with Crippen LogP contribution in [0.15, 0.2) is 48.5 Å². The van der Waals surface area contributed by atoms with Gasteiger partial charge >= 0.3 is 0 Å². The topological polar surface area (TPSA) is 47.6 Å².